The molecule has 0 aliphatic carbocycles. The summed E-state index contributed by atoms with van der Waals surface area (Å²) < 4.78 is 6.34. The van der Waals surface area contributed by atoms with Crippen LogP contribution >= 0.6 is 0 Å². The Morgan fingerprint density at radius 3 is 2.26 bits per heavy atom. The van der Waals surface area contributed by atoms with Gasteiger partial charge in [-0.3, -0.25) is 0 Å². The molecule has 0 heterocycles. The van der Waals surface area contributed by atoms with Gasteiger partial charge in [0.25, 0.3) is 0 Å². The van der Waals surface area contributed by atoms with Gasteiger partial charge in [-0.15, -0.1) is 0 Å². The molecule has 0 saturated carbocycles. The topological polar surface area (TPSA) is 29.5 Å². The lowest BCUT2D eigenvalue weighted by molar-refractivity contribution is 0.471. The Balaban J connectivity index is 2.47. The highest BCUT2D eigenvalue weighted by Gasteiger charge is 2.28. The summed E-state index contributed by atoms with van der Waals surface area (Å²) in [5.74, 6) is 0.389. The third-order valence-corrected chi connectivity index (χ3v) is 9.31. The van der Waals surface area contributed by atoms with E-state index in [1.54, 1.807) is 6.07 Å². The maximum Gasteiger partial charge on any atom is 0.173 e. The van der Waals surface area contributed by atoms with Crippen molar-refractivity contribution < 1.29 is 9.22 Å². The number of aromatic hydroxyl groups is 1. The summed E-state index contributed by atoms with van der Waals surface area (Å²) in [7, 11) is -2.91. The third kappa shape index (κ3) is 6.41. The minimum absolute atomic E-state index is 0.389. The van der Waals surface area contributed by atoms with Crippen molar-refractivity contribution in [3.8, 4) is 5.75 Å². The van der Waals surface area contributed by atoms with Crippen LogP contribution in [0.25, 0.3) is 0 Å². The molecule has 0 radical (unpaired) electrons. The molecule has 0 aliphatic heterocycles. The van der Waals surface area contributed by atoms with Gasteiger partial charge in [0.2, 0.25) is 0 Å². The Bertz CT molecular complexity index is 423. The molecule has 19 heavy (non-hydrogen) atoms. The maximum atomic E-state index is 9.52. The number of phenols is 1. The highest BCUT2D eigenvalue weighted by Crippen LogP contribution is 2.22. The molecule has 0 spiro atoms. The van der Waals surface area contributed by atoms with Crippen molar-refractivity contribution in [2.24, 2.45) is 0 Å². The van der Waals surface area contributed by atoms with E-state index in [1.807, 2.05) is 13.0 Å². The van der Waals surface area contributed by atoms with Crippen molar-refractivity contribution in [2.45, 2.75) is 58.5 Å². The van der Waals surface area contributed by atoms with E-state index in [9.17, 15) is 5.11 Å². The van der Waals surface area contributed by atoms with Crippen molar-refractivity contribution in [1.29, 1.82) is 0 Å². The molecule has 1 aromatic rings. The summed E-state index contributed by atoms with van der Waals surface area (Å²) in [5, 5.41) is 9.52. The van der Waals surface area contributed by atoms with E-state index in [0.717, 1.165) is 12.0 Å². The second-order valence-electron chi connectivity index (χ2n) is 6.95. The highest BCUT2D eigenvalue weighted by atomic mass is 28.4. The molecule has 1 N–H and O–H groups in total. The van der Waals surface area contributed by atoms with Crippen LogP contribution in [0.1, 0.15) is 17.5 Å². The number of benzene rings is 1. The zero-order valence-corrected chi connectivity index (χ0v) is 15.2. The average Bonchev–Trinajstić information content (AvgIpc) is 2.19. The Labute approximate surface area is 120 Å². The fourth-order valence-electron chi connectivity index (χ4n) is 2.47. The Morgan fingerprint density at radius 2 is 1.74 bits per heavy atom. The van der Waals surface area contributed by atoms with Crippen molar-refractivity contribution >= 4 is 16.6 Å². The van der Waals surface area contributed by atoms with E-state index in [2.05, 4.69) is 38.8 Å². The molecule has 0 bridgehead atoms. The van der Waals surface area contributed by atoms with Crippen LogP contribution in [0.4, 0.5) is 0 Å². The lowest BCUT2D eigenvalue weighted by atomic mass is 10.1. The van der Waals surface area contributed by atoms with E-state index in [4.69, 9.17) is 4.12 Å². The minimum Gasteiger partial charge on any atom is -0.508 e. The van der Waals surface area contributed by atoms with Gasteiger partial charge in [0.15, 0.2) is 16.6 Å². The summed E-state index contributed by atoms with van der Waals surface area (Å²) in [5.41, 5.74) is 2.28. The van der Waals surface area contributed by atoms with Crippen LogP contribution in [-0.2, 0) is 10.5 Å². The van der Waals surface area contributed by atoms with Crippen LogP contribution in [-0.4, -0.2) is 21.7 Å². The van der Waals surface area contributed by atoms with E-state index >= 15 is 0 Å². The zero-order chi connectivity index (χ0) is 14.7. The smallest absolute Gasteiger partial charge is 0.173 e. The molecule has 0 fully saturated rings. The van der Waals surface area contributed by atoms with Gasteiger partial charge in [-0.1, -0.05) is 12.1 Å². The molecule has 108 valence electrons. The van der Waals surface area contributed by atoms with Crippen LogP contribution in [0.3, 0.4) is 0 Å². The highest BCUT2D eigenvalue weighted by molar-refractivity contribution is 6.84. The first-order valence-corrected chi connectivity index (χ1v) is 13.6. The van der Waals surface area contributed by atoms with Crippen LogP contribution in [0.2, 0.25) is 38.8 Å². The first kappa shape index (κ1) is 16.5. The summed E-state index contributed by atoms with van der Waals surface area (Å²) in [4.78, 5) is 0. The van der Waals surface area contributed by atoms with E-state index in [0.29, 0.717) is 5.75 Å². The number of phenolic OH excluding ortho intramolecular Hbond substituents is 1. The second-order valence-corrected chi connectivity index (χ2v) is 16.0. The van der Waals surface area contributed by atoms with Gasteiger partial charge in [-0.05, 0) is 75.7 Å². The van der Waals surface area contributed by atoms with E-state index in [-0.39, 0.29) is 0 Å². The molecule has 0 aromatic heterocycles. The van der Waals surface area contributed by atoms with Crippen LogP contribution in [0.15, 0.2) is 18.2 Å². The minimum atomic E-state index is -1.50. The summed E-state index contributed by atoms with van der Waals surface area (Å²) in [6, 6.07) is 7.11. The lowest BCUT2D eigenvalue weighted by Gasteiger charge is -2.31. The van der Waals surface area contributed by atoms with Crippen LogP contribution < -0.4 is 0 Å². The second kappa shape index (κ2) is 6.24. The third-order valence-electron chi connectivity index (χ3n) is 3.09. The summed E-state index contributed by atoms with van der Waals surface area (Å²) in [6.07, 6.45) is 2.25. The summed E-state index contributed by atoms with van der Waals surface area (Å²) >= 11 is 0. The molecule has 0 saturated heterocycles. The van der Waals surface area contributed by atoms with Gasteiger partial charge in [-0.25, -0.2) is 0 Å². The molecule has 1 aromatic carbocycles. The number of hydrogen-bond donors (Lipinski definition) is 1. The zero-order valence-electron chi connectivity index (χ0n) is 13.2. The average molecular weight is 297 g/mol. The fraction of sp³-hybridized carbons (Fsp3) is 0.600. The summed E-state index contributed by atoms with van der Waals surface area (Å²) in [6.45, 7) is 13.4. The van der Waals surface area contributed by atoms with Crippen LogP contribution in [0.5, 0.6) is 5.75 Å². The van der Waals surface area contributed by atoms with E-state index < -0.39 is 16.6 Å². The largest absolute Gasteiger partial charge is 0.508 e. The molecule has 0 aliphatic rings. The predicted octanol–water partition coefficient (Wildman–Crippen LogP) is 4.69. The van der Waals surface area contributed by atoms with Gasteiger partial charge in [0, 0.05) is 0 Å². The Morgan fingerprint density at radius 1 is 1.11 bits per heavy atom. The van der Waals surface area contributed by atoms with Crippen molar-refractivity contribution in [3.05, 3.63) is 29.3 Å². The first-order chi connectivity index (χ1) is 8.59. The fourth-order valence-corrected chi connectivity index (χ4v) is 10.5. The number of aryl methyl sites for hydroxylation is 2. The van der Waals surface area contributed by atoms with Crippen LogP contribution in [0, 0.1) is 6.92 Å². The van der Waals surface area contributed by atoms with E-state index in [1.165, 1.54) is 18.0 Å². The molecular weight excluding hydrogens is 268 g/mol. The predicted molar refractivity (Wildman–Crippen MR) is 87.9 cm³/mol. The standard InChI is InChI=1S/C15H28O2Si2/c1-13-12-14(9-10-15(13)16)8-7-11-19(5,6)17-18(2,3)4/h9-10,12,16H,7-8,11H2,1-6H3. The van der Waals surface area contributed by atoms with Crippen molar-refractivity contribution in [3.63, 3.8) is 0 Å². The molecule has 4 heteroatoms. The van der Waals surface area contributed by atoms with Crippen molar-refractivity contribution in [2.75, 3.05) is 0 Å². The molecule has 0 unspecified atom stereocenters. The SMILES string of the molecule is Cc1cc(CCC[Si](C)(C)O[Si](C)(C)C)ccc1O. The maximum absolute atomic E-state index is 9.52. The molecule has 2 nitrogen and oxygen atoms in total. The van der Waals surface area contributed by atoms with Gasteiger partial charge < -0.3 is 9.22 Å². The number of hydrogen-bond acceptors (Lipinski definition) is 2. The van der Waals surface area contributed by atoms with Crippen molar-refractivity contribution in [1.82, 2.24) is 0 Å². The number of rotatable bonds is 6. The Hall–Kier alpha value is -0.586. The quantitative estimate of drug-likeness (QED) is 0.772. The first-order valence-electron chi connectivity index (χ1n) is 7.08. The van der Waals surface area contributed by atoms with Gasteiger partial charge in [-0.2, -0.15) is 0 Å². The normalized spacial score (nSPS) is 12.7. The monoisotopic (exact) mass is 296 g/mol. The Kier molecular flexibility index (Phi) is 5.41. The molecule has 0 atom stereocenters. The lowest BCUT2D eigenvalue weighted by Crippen LogP contribution is -2.42. The molecule has 0 amide bonds. The van der Waals surface area contributed by atoms with Gasteiger partial charge >= 0.3 is 0 Å². The van der Waals surface area contributed by atoms with Gasteiger partial charge in [0.05, 0.1) is 0 Å². The van der Waals surface area contributed by atoms with Gasteiger partial charge in [0.1, 0.15) is 5.75 Å². The molecular formula is C15H28O2Si2. The molecule has 1 rings (SSSR count).